The zero-order valence-electron chi connectivity index (χ0n) is 12.8. The maximum absolute atomic E-state index is 9.63. The third kappa shape index (κ3) is 2.12. The second-order valence-electron chi connectivity index (χ2n) is 5.73. The van der Waals surface area contributed by atoms with E-state index in [0.29, 0.717) is 12.1 Å². The molecular weight excluding hydrogens is 298 g/mol. The van der Waals surface area contributed by atoms with Crippen LogP contribution in [0.15, 0.2) is 54.9 Å². The predicted molar refractivity (Wildman–Crippen MR) is 88.2 cm³/mol. The van der Waals surface area contributed by atoms with E-state index in [-0.39, 0.29) is 6.04 Å². The molecule has 5 heteroatoms. The van der Waals surface area contributed by atoms with Crippen LogP contribution < -0.4 is 0 Å². The SMILES string of the molecule is N#Cc1cc(-c2cn[nH]c2)ccc1C1c2ccccc2CN1C#N. The van der Waals surface area contributed by atoms with Crippen molar-refractivity contribution in [1.29, 1.82) is 10.5 Å². The van der Waals surface area contributed by atoms with Gasteiger partial charge in [-0.15, -0.1) is 0 Å². The second-order valence-corrected chi connectivity index (χ2v) is 5.73. The first-order chi connectivity index (χ1) is 11.8. The number of aromatic nitrogens is 2. The number of hydrogen-bond acceptors (Lipinski definition) is 4. The molecule has 1 N–H and O–H groups in total. The monoisotopic (exact) mass is 311 g/mol. The number of nitrogens with one attached hydrogen (secondary N) is 1. The van der Waals surface area contributed by atoms with Crippen molar-refractivity contribution >= 4 is 0 Å². The summed E-state index contributed by atoms with van der Waals surface area (Å²) in [5.41, 5.74) is 5.52. The number of fused-ring (bicyclic) bond motifs is 1. The molecule has 2 aromatic carbocycles. The molecule has 1 unspecified atom stereocenters. The molecule has 5 nitrogen and oxygen atoms in total. The number of nitriles is 2. The molecule has 0 fully saturated rings. The van der Waals surface area contributed by atoms with Gasteiger partial charge in [-0.2, -0.15) is 15.6 Å². The van der Waals surface area contributed by atoms with Crippen LogP contribution in [-0.4, -0.2) is 15.1 Å². The number of benzene rings is 2. The Labute approximate surface area is 139 Å². The van der Waals surface area contributed by atoms with Crippen LogP contribution in [-0.2, 0) is 6.54 Å². The van der Waals surface area contributed by atoms with Crippen molar-refractivity contribution < 1.29 is 0 Å². The highest BCUT2D eigenvalue weighted by Crippen LogP contribution is 2.39. The highest BCUT2D eigenvalue weighted by Gasteiger charge is 2.32. The van der Waals surface area contributed by atoms with Crippen LogP contribution >= 0.6 is 0 Å². The van der Waals surface area contributed by atoms with E-state index in [1.165, 1.54) is 0 Å². The molecule has 1 atom stereocenters. The van der Waals surface area contributed by atoms with E-state index >= 15 is 0 Å². The topological polar surface area (TPSA) is 79.5 Å². The Morgan fingerprint density at radius 1 is 1.08 bits per heavy atom. The van der Waals surface area contributed by atoms with Crippen molar-refractivity contribution in [2.45, 2.75) is 12.6 Å². The van der Waals surface area contributed by atoms with Gasteiger partial charge in [-0.1, -0.05) is 36.4 Å². The molecule has 1 aliphatic rings. The van der Waals surface area contributed by atoms with Gasteiger partial charge in [-0.25, -0.2) is 0 Å². The van der Waals surface area contributed by atoms with Gasteiger partial charge in [-0.05, 0) is 28.3 Å². The largest absolute Gasteiger partial charge is 0.294 e. The molecule has 4 rings (SSSR count). The van der Waals surface area contributed by atoms with Crippen LogP contribution in [0.5, 0.6) is 0 Å². The van der Waals surface area contributed by atoms with Gasteiger partial charge in [0.15, 0.2) is 6.19 Å². The van der Waals surface area contributed by atoms with E-state index in [9.17, 15) is 10.5 Å². The maximum atomic E-state index is 9.63. The number of H-pyrrole nitrogens is 1. The van der Waals surface area contributed by atoms with Crippen LogP contribution in [0.25, 0.3) is 11.1 Å². The molecule has 114 valence electrons. The van der Waals surface area contributed by atoms with Gasteiger partial charge in [-0.3, -0.25) is 10.00 Å². The molecule has 0 bridgehead atoms. The summed E-state index contributed by atoms with van der Waals surface area (Å²) in [6, 6.07) is 15.9. The lowest BCUT2D eigenvalue weighted by molar-refractivity contribution is 0.362. The minimum atomic E-state index is -0.209. The lowest BCUT2D eigenvalue weighted by atomic mass is 9.92. The standard InChI is InChI=1S/C19H13N5/c20-8-15-7-13(16-9-22-23-10-16)5-6-18(15)19-17-4-2-1-3-14(17)11-24(19)12-21/h1-7,9-10,19H,11H2,(H,22,23). The molecular formula is C19H13N5. The minimum Gasteiger partial charge on any atom is -0.294 e. The van der Waals surface area contributed by atoms with Crippen molar-refractivity contribution in [3.05, 3.63) is 77.1 Å². The fourth-order valence-corrected chi connectivity index (χ4v) is 3.30. The molecule has 1 aromatic heterocycles. The summed E-state index contributed by atoms with van der Waals surface area (Å²) >= 11 is 0. The van der Waals surface area contributed by atoms with Crippen molar-refractivity contribution in [2.24, 2.45) is 0 Å². The van der Waals surface area contributed by atoms with Crippen molar-refractivity contribution in [3.8, 4) is 23.4 Å². The van der Waals surface area contributed by atoms with E-state index < -0.39 is 0 Å². The smallest absolute Gasteiger partial charge is 0.180 e. The average molecular weight is 311 g/mol. The number of rotatable bonds is 2. The Morgan fingerprint density at radius 2 is 1.96 bits per heavy atom. The van der Waals surface area contributed by atoms with Crippen molar-refractivity contribution in [2.75, 3.05) is 0 Å². The zero-order chi connectivity index (χ0) is 16.5. The van der Waals surface area contributed by atoms with Crippen molar-refractivity contribution in [3.63, 3.8) is 0 Å². The molecule has 3 aromatic rings. The fraction of sp³-hybridized carbons (Fsp3) is 0.105. The van der Waals surface area contributed by atoms with Gasteiger partial charge in [0.05, 0.1) is 30.4 Å². The number of nitrogens with zero attached hydrogens (tertiary/aromatic N) is 4. The van der Waals surface area contributed by atoms with E-state index in [2.05, 4.69) is 22.5 Å². The summed E-state index contributed by atoms with van der Waals surface area (Å²) in [7, 11) is 0. The van der Waals surface area contributed by atoms with Crippen molar-refractivity contribution in [1.82, 2.24) is 15.1 Å². The van der Waals surface area contributed by atoms with Crippen LogP contribution in [0, 0.1) is 22.8 Å². The Balaban J connectivity index is 1.85. The van der Waals surface area contributed by atoms with Gasteiger partial charge in [0.2, 0.25) is 0 Å². The van der Waals surface area contributed by atoms with E-state index in [1.807, 2.05) is 42.5 Å². The second kappa shape index (κ2) is 5.57. The normalized spacial score (nSPS) is 15.6. The average Bonchev–Trinajstić information content (AvgIpc) is 3.28. The highest BCUT2D eigenvalue weighted by molar-refractivity contribution is 5.65. The summed E-state index contributed by atoms with van der Waals surface area (Å²) in [6.07, 6.45) is 5.78. The lowest BCUT2D eigenvalue weighted by Gasteiger charge is -2.21. The van der Waals surface area contributed by atoms with Gasteiger partial charge >= 0.3 is 0 Å². The fourth-order valence-electron chi connectivity index (χ4n) is 3.30. The molecule has 2 heterocycles. The van der Waals surface area contributed by atoms with E-state index in [0.717, 1.165) is 27.8 Å². The summed E-state index contributed by atoms with van der Waals surface area (Å²) < 4.78 is 0. The molecule has 0 aliphatic carbocycles. The zero-order valence-corrected chi connectivity index (χ0v) is 12.8. The highest BCUT2D eigenvalue weighted by atomic mass is 15.2. The first kappa shape index (κ1) is 14.0. The first-order valence-electron chi connectivity index (χ1n) is 7.59. The Bertz CT molecular complexity index is 976. The molecule has 24 heavy (non-hydrogen) atoms. The van der Waals surface area contributed by atoms with Crippen LogP contribution in [0.2, 0.25) is 0 Å². The van der Waals surface area contributed by atoms with Gasteiger partial charge in [0, 0.05) is 11.8 Å². The third-order valence-corrected chi connectivity index (χ3v) is 4.43. The summed E-state index contributed by atoms with van der Waals surface area (Å²) in [5.74, 6) is 0. The first-order valence-corrected chi connectivity index (χ1v) is 7.59. The summed E-state index contributed by atoms with van der Waals surface area (Å²) in [4.78, 5) is 1.72. The maximum Gasteiger partial charge on any atom is 0.180 e. The van der Waals surface area contributed by atoms with E-state index in [1.54, 1.807) is 17.3 Å². The molecule has 1 aliphatic heterocycles. The minimum absolute atomic E-state index is 0.209. The van der Waals surface area contributed by atoms with Crippen LogP contribution in [0.4, 0.5) is 0 Å². The molecule has 0 radical (unpaired) electrons. The molecule has 0 saturated heterocycles. The third-order valence-electron chi connectivity index (χ3n) is 4.43. The Kier molecular flexibility index (Phi) is 3.26. The molecule has 0 amide bonds. The summed E-state index contributed by atoms with van der Waals surface area (Å²) in [5, 5.41) is 25.9. The Hall–Kier alpha value is -3.57. The lowest BCUT2D eigenvalue weighted by Crippen LogP contribution is -2.18. The quantitative estimate of drug-likeness (QED) is 0.736. The van der Waals surface area contributed by atoms with Gasteiger partial charge in [0.1, 0.15) is 0 Å². The van der Waals surface area contributed by atoms with Crippen LogP contribution in [0.3, 0.4) is 0 Å². The Morgan fingerprint density at radius 3 is 2.71 bits per heavy atom. The van der Waals surface area contributed by atoms with E-state index in [4.69, 9.17) is 0 Å². The molecule has 0 saturated carbocycles. The number of aromatic amines is 1. The van der Waals surface area contributed by atoms with Gasteiger partial charge < -0.3 is 0 Å². The predicted octanol–water partition coefficient (Wildman–Crippen LogP) is 3.33. The van der Waals surface area contributed by atoms with Crippen LogP contribution in [0.1, 0.15) is 28.3 Å². The molecule has 0 spiro atoms. The summed E-state index contributed by atoms with van der Waals surface area (Å²) in [6.45, 7) is 0.575. The number of hydrogen-bond donors (Lipinski definition) is 1. The van der Waals surface area contributed by atoms with Gasteiger partial charge in [0.25, 0.3) is 0 Å².